The molecular formula is C48H86Cu2N10O22P2+2. The van der Waals surface area contributed by atoms with Crippen molar-refractivity contribution in [2.45, 2.75) is 236 Å². The quantitative estimate of drug-likeness (QED) is 0.0407. The standard InChI is InChI=1S/2C12H22N2O8P.C12H22N2.C12H18N2.2Cu.2HNO3/c2*15-13(16)9-1-5-11(6-2-9)21-23(19,20)22-12-7-3-10(4-8-12)14(17)18;2*1-9-3-5-13-11(7-9)12-8-10(2)4-6-14-12;;;2*2-1(3)4/h2*9-12,19-20H,1-8H2;9-12H,3-8H2,1-2H3;3,7,10,12H,4-6,8H2,1-2H3;;;2*(H,2,3,4)/q2*+1;2*-2;2*+2;;. The van der Waals surface area contributed by atoms with E-state index in [1.54, 1.807) is 0 Å². The molecule has 0 aromatic rings. The van der Waals surface area contributed by atoms with Crippen molar-refractivity contribution in [3.05, 3.63) is 105 Å². The third-order valence-corrected chi connectivity index (χ3v) is 17.9. The molecule has 32 nitrogen and oxygen atoms in total. The van der Waals surface area contributed by atoms with E-state index in [0.717, 1.165) is 43.9 Å². The fraction of sp³-hybridized carbons (Fsp3) is 0.917. The largest absolute Gasteiger partial charge is 2.00 e. The van der Waals surface area contributed by atoms with E-state index in [-0.39, 0.29) is 53.8 Å². The van der Waals surface area contributed by atoms with Crippen molar-refractivity contribution in [3.63, 3.8) is 0 Å². The van der Waals surface area contributed by atoms with Gasteiger partial charge in [-0.05, 0) is 76.0 Å². The van der Waals surface area contributed by atoms with Gasteiger partial charge in [-0.15, -0.1) is 52.4 Å². The van der Waals surface area contributed by atoms with Crippen LogP contribution in [-0.4, -0.2) is 153 Å². The average Bonchev–Trinajstić information content (AvgIpc) is 3.57. The van der Waals surface area contributed by atoms with Crippen LogP contribution in [0.3, 0.4) is 0 Å². The number of rotatable bonds is 14. The number of nitro groups is 4. The molecule has 8 rings (SSSR count). The van der Waals surface area contributed by atoms with Gasteiger partial charge in [0.2, 0.25) is 24.2 Å². The summed E-state index contributed by atoms with van der Waals surface area (Å²) in [4.78, 5) is 97.9. The van der Waals surface area contributed by atoms with Crippen LogP contribution in [0.5, 0.6) is 0 Å². The molecule has 4 aliphatic heterocycles. The Hall–Kier alpha value is -3.26. The Bertz CT molecular complexity index is 1860. The summed E-state index contributed by atoms with van der Waals surface area (Å²) in [6.45, 7) is 13.2. The predicted molar refractivity (Wildman–Crippen MR) is 298 cm³/mol. The van der Waals surface area contributed by atoms with Gasteiger partial charge in [0.15, 0.2) is 0 Å². The molecule has 6 unspecified atom stereocenters. The molecule has 6 atom stereocenters. The Morgan fingerprint density at radius 2 is 0.714 bits per heavy atom. The van der Waals surface area contributed by atoms with Crippen LogP contribution in [-0.2, 0) is 52.2 Å². The van der Waals surface area contributed by atoms with E-state index in [2.05, 4.69) is 50.5 Å². The smallest absolute Gasteiger partial charge is 0.686 e. The molecule has 0 spiro atoms. The van der Waals surface area contributed by atoms with Crippen LogP contribution in [0.4, 0.5) is 0 Å². The van der Waals surface area contributed by atoms with Crippen molar-refractivity contribution >= 4 is 16.3 Å². The molecule has 7 fully saturated rings. The Labute approximate surface area is 511 Å². The van der Waals surface area contributed by atoms with Gasteiger partial charge in [0.1, 0.15) is 24.4 Å². The third-order valence-electron chi connectivity index (χ3n) is 15.6. The molecule has 4 aliphatic carbocycles. The molecule has 2 radical (unpaired) electrons. The number of nitrogens with zero attached hydrogens (tertiary/aromatic N) is 10. The normalized spacial score (nSPS) is 31.3. The molecule has 0 aromatic heterocycles. The van der Waals surface area contributed by atoms with Gasteiger partial charge in [0.25, 0.3) is 10.2 Å². The van der Waals surface area contributed by atoms with Crippen LogP contribution in [0, 0.1) is 78.4 Å². The van der Waals surface area contributed by atoms with Crippen LogP contribution in [0.25, 0.3) is 21.3 Å². The van der Waals surface area contributed by atoms with E-state index in [4.69, 9.17) is 59.4 Å². The first kappa shape index (κ1) is 78.8. The molecular weight excluding hydrogens is 1260 g/mol. The summed E-state index contributed by atoms with van der Waals surface area (Å²) >= 11 is 0. The van der Waals surface area contributed by atoms with Gasteiger partial charge >= 0.3 is 50.5 Å². The second kappa shape index (κ2) is 40.3. The fourth-order valence-corrected chi connectivity index (χ4v) is 13.5. The van der Waals surface area contributed by atoms with Crippen LogP contribution < -0.4 is 0 Å². The minimum absolute atomic E-state index is 0. The molecule has 36 heteroatoms. The van der Waals surface area contributed by atoms with E-state index < -0.39 is 75.1 Å². The fourth-order valence-electron chi connectivity index (χ4n) is 11.0. The van der Waals surface area contributed by atoms with Crippen LogP contribution >= 0.6 is 16.3 Å². The van der Waals surface area contributed by atoms with Gasteiger partial charge in [-0.25, -0.2) is 0 Å². The molecule has 8 aliphatic rings. The van der Waals surface area contributed by atoms with Gasteiger partial charge in [-0.3, -0.25) is 40.5 Å². The first-order valence-corrected chi connectivity index (χ1v) is 31.3. The number of hydrogen-bond acceptors (Lipinski definition) is 20. The van der Waals surface area contributed by atoms with E-state index >= 15 is 0 Å². The summed E-state index contributed by atoms with van der Waals surface area (Å²) in [6, 6.07) is -0.904. The van der Waals surface area contributed by atoms with E-state index in [9.17, 15) is 60.0 Å². The summed E-state index contributed by atoms with van der Waals surface area (Å²) in [5.41, 5.74) is 2.54. The Balaban J connectivity index is 0.000000542. The summed E-state index contributed by atoms with van der Waals surface area (Å²) in [5, 5.41) is 88.7. The van der Waals surface area contributed by atoms with E-state index in [0.29, 0.717) is 121 Å². The monoisotopic (exact) mass is 1340 g/mol. The van der Waals surface area contributed by atoms with Gasteiger partial charge in [0.05, 0.1) is 0 Å². The molecule has 0 amide bonds. The van der Waals surface area contributed by atoms with Gasteiger partial charge < -0.3 is 31.7 Å². The van der Waals surface area contributed by atoms with Crippen molar-refractivity contribution in [3.8, 4) is 0 Å². The topological polar surface area (TPSA) is 474 Å². The van der Waals surface area contributed by atoms with Crippen LogP contribution in [0.2, 0.25) is 0 Å². The van der Waals surface area contributed by atoms with Gasteiger partial charge in [-0.2, -0.15) is 55.4 Å². The summed E-state index contributed by atoms with van der Waals surface area (Å²) in [7, 11) is -8.01. The number of piperidine rings is 3. The number of allylic oxidation sites excluding steroid dienone is 2. The Morgan fingerprint density at radius 3 is 0.952 bits per heavy atom. The molecule has 0 bridgehead atoms. The molecule has 4 heterocycles. The maximum Gasteiger partial charge on any atom is 2.00 e. The molecule has 490 valence electrons. The maximum atomic E-state index is 10.7. The SMILES string of the molecule is CC1=CC[N-]C(C2CC(C)CC[N-]2)=C1.CC1CC[N-]C(C2CC(C)CC[N-]2)C1.O=[N+]([O-])C1CCC(O[P+](O)(O)OC2CCC([N+](=O)[O-])CC2)CC1.O=[N+]([O-])C1CCC(O[P+](O)(O)OC2CCC([N+](=O)[O-])CC2)CC1.O=[N+]([O-])O.O=[N+]([O-])O.[Cu+2].[Cu+2]. The second-order valence-corrected chi connectivity index (χ2v) is 25.2. The molecule has 84 heavy (non-hydrogen) atoms. The van der Waals surface area contributed by atoms with E-state index in [1.165, 1.54) is 49.8 Å². The zero-order valence-corrected chi connectivity index (χ0v) is 51.5. The predicted octanol–water partition coefficient (Wildman–Crippen LogP) is 9.72. The van der Waals surface area contributed by atoms with Crippen molar-refractivity contribution in [2.75, 3.05) is 26.2 Å². The Kier molecular flexibility index (Phi) is 37.8. The minimum Gasteiger partial charge on any atom is -0.686 e. The van der Waals surface area contributed by atoms with Crippen molar-refractivity contribution in [2.24, 2.45) is 17.8 Å². The van der Waals surface area contributed by atoms with Gasteiger partial charge in [0, 0.05) is 71.1 Å². The summed E-state index contributed by atoms with van der Waals surface area (Å²) < 4.78 is 20.9. The zero-order valence-electron chi connectivity index (χ0n) is 47.8. The van der Waals surface area contributed by atoms with Crippen LogP contribution in [0.1, 0.15) is 169 Å². The van der Waals surface area contributed by atoms with E-state index in [1.807, 2.05) is 0 Å². The van der Waals surface area contributed by atoms with Crippen molar-refractivity contribution in [1.29, 1.82) is 0 Å². The molecule has 0 aromatic carbocycles. The zero-order chi connectivity index (χ0) is 61.2. The Morgan fingerprint density at radius 1 is 0.452 bits per heavy atom. The van der Waals surface area contributed by atoms with Crippen molar-refractivity contribution < 1.29 is 112 Å². The van der Waals surface area contributed by atoms with Gasteiger partial charge in [-0.1, -0.05) is 77.0 Å². The van der Waals surface area contributed by atoms with Crippen molar-refractivity contribution in [1.82, 2.24) is 0 Å². The number of hydrogen-bond donors (Lipinski definition) is 6. The summed E-state index contributed by atoms with van der Waals surface area (Å²) in [5.74, 6) is 2.54. The molecule has 3 saturated heterocycles. The molecule has 6 N–H and O–H groups in total. The first-order valence-electron chi connectivity index (χ1n) is 28.2. The average molecular weight is 1340 g/mol. The third kappa shape index (κ3) is 32.6. The molecule has 4 saturated carbocycles. The first-order chi connectivity index (χ1) is 38.5. The minimum atomic E-state index is -4.01. The summed E-state index contributed by atoms with van der Waals surface area (Å²) in [6.07, 6.45) is 15.8. The second-order valence-electron chi connectivity index (χ2n) is 22.4. The van der Waals surface area contributed by atoms with Crippen LogP contribution in [0.15, 0.2) is 23.4 Å². The maximum absolute atomic E-state index is 10.7.